The Morgan fingerprint density at radius 2 is 2.09 bits per heavy atom. The lowest BCUT2D eigenvalue weighted by atomic mass is 10.2. The number of rotatable bonds is 6. The molecule has 1 amide bonds. The van der Waals surface area contributed by atoms with E-state index in [9.17, 15) is 9.18 Å². The minimum atomic E-state index is -0.458. The maximum absolute atomic E-state index is 13.4. The molecule has 2 heterocycles. The molecule has 3 aromatic rings. The van der Waals surface area contributed by atoms with Gasteiger partial charge in [-0.1, -0.05) is 17.3 Å². The van der Waals surface area contributed by atoms with Crippen LogP contribution in [0.5, 0.6) is 0 Å². The molecule has 6 nitrogen and oxygen atoms in total. The molecule has 0 bridgehead atoms. The van der Waals surface area contributed by atoms with E-state index in [-0.39, 0.29) is 18.0 Å². The van der Waals surface area contributed by atoms with Gasteiger partial charge in [-0.25, -0.2) is 4.39 Å². The number of nitrogens with one attached hydrogen (secondary N) is 1. The standard InChI is InChI=1S/C16H14FN3O3/c17-11-5-1-2-6-12(11)18-14(21)8-3-9-15-19-16(20-23-15)13-7-4-10-22-13/h1-2,4-7,10H,3,8-9H2,(H,18,21). The molecule has 0 aliphatic heterocycles. The Labute approximate surface area is 131 Å². The third kappa shape index (κ3) is 3.82. The van der Waals surface area contributed by atoms with Gasteiger partial charge in [0.25, 0.3) is 0 Å². The second kappa shape index (κ2) is 6.87. The van der Waals surface area contributed by atoms with E-state index in [0.29, 0.717) is 30.3 Å². The molecule has 1 aromatic carbocycles. The second-order valence-corrected chi connectivity index (χ2v) is 4.87. The molecule has 0 unspecified atom stereocenters. The van der Waals surface area contributed by atoms with Crippen molar-refractivity contribution >= 4 is 11.6 Å². The fourth-order valence-electron chi connectivity index (χ4n) is 2.04. The smallest absolute Gasteiger partial charge is 0.238 e. The fourth-order valence-corrected chi connectivity index (χ4v) is 2.04. The quantitative estimate of drug-likeness (QED) is 0.753. The van der Waals surface area contributed by atoms with Crippen LogP contribution in [0.4, 0.5) is 10.1 Å². The van der Waals surface area contributed by atoms with Gasteiger partial charge >= 0.3 is 0 Å². The summed E-state index contributed by atoms with van der Waals surface area (Å²) in [6, 6.07) is 9.50. The minimum Gasteiger partial charge on any atom is -0.461 e. The average Bonchev–Trinajstić information content (AvgIpc) is 3.20. The van der Waals surface area contributed by atoms with E-state index < -0.39 is 5.82 Å². The zero-order chi connectivity index (χ0) is 16.1. The number of carbonyl (C=O) groups excluding carboxylic acids is 1. The lowest BCUT2D eigenvalue weighted by Crippen LogP contribution is -2.12. The van der Waals surface area contributed by atoms with Gasteiger partial charge in [-0.3, -0.25) is 4.79 Å². The van der Waals surface area contributed by atoms with Crippen molar-refractivity contribution in [3.05, 3.63) is 54.4 Å². The summed E-state index contributed by atoms with van der Waals surface area (Å²) in [6.07, 6.45) is 2.73. The maximum atomic E-state index is 13.4. The van der Waals surface area contributed by atoms with Gasteiger partial charge in [0.15, 0.2) is 5.76 Å². The van der Waals surface area contributed by atoms with Gasteiger partial charge in [-0.15, -0.1) is 0 Å². The summed E-state index contributed by atoms with van der Waals surface area (Å²) >= 11 is 0. The second-order valence-electron chi connectivity index (χ2n) is 4.87. The van der Waals surface area contributed by atoms with Crippen molar-refractivity contribution in [3.63, 3.8) is 0 Å². The number of aromatic nitrogens is 2. The van der Waals surface area contributed by atoms with Crippen LogP contribution in [0, 0.1) is 5.82 Å². The summed E-state index contributed by atoms with van der Waals surface area (Å²) in [4.78, 5) is 16.0. The summed E-state index contributed by atoms with van der Waals surface area (Å²) in [5, 5.41) is 6.33. The third-order valence-corrected chi connectivity index (χ3v) is 3.15. The molecule has 23 heavy (non-hydrogen) atoms. The summed E-state index contributed by atoms with van der Waals surface area (Å²) in [7, 11) is 0. The monoisotopic (exact) mass is 315 g/mol. The lowest BCUT2D eigenvalue weighted by Gasteiger charge is -2.05. The Kier molecular flexibility index (Phi) is 4.46. The SMILES string of the molecule is O=C(CCCc1nc(-c2ccco2)no1)Nc1ccccc1F. The van der Waals surface area contributed by atoms with Crippen LogP contribution in [0.25, 0.3) is 11.6 Å². The Bertz CT molecular complexity index is 783. The molecule has 0 saturated heterocycles. The topological polar surface area (TPSA) is 81.2 Å². The fraction of sp³-hybridized carbons (Fsp3) is 0.188. The number of para-hydroxylation sites is 1. The van der Waals surface area contributed by atoms with E-state index in [1.54, 1.807) is 24.3 Å². The average molecular weight is 315 g/mol. The van der Waals surface area contributed by atoms with Crippen molar-refractivity contribution in [2.45, 2.75) is 19.3 Å². The van der Waals surface area contributed by atoms with E-state index >= 15 is 0 Å². The summed E-state index contributed by atoms with van der Waals surface area (Å²) in [6.45, 7) is 0. The van der Waals surface area contributed by atoms with Gasteiger partial charge < -0.3 is 14.3 Å². The first-order chi connectivity index (χ1) is 11.2. The van der Waals surface area contributed by atoms with Crippen molar-refractivity contribution in [1.29, 1.82) is 0 Å². The highest BCUT2D eigenvalue weighted by molar-refractivity contribution is 5.90. The van der Waals surface area contributed by atoms with Crippen LogP contribution >= 0.6 is 0 Å². The first-order valence-electron chi connectivity index (χ1n) is 7.13. The molecule has 0 radical (unpaired) electrons. The van der Waals surface area contributed by atoms with Crippen molar-refractivity contribution in [2.24, 2.45) is 0 Å². The number of carbonyl (C=O) groups is 1. The molecule has 0 aliphatic rings. The van der Waals surface area contributed by atoms with Gasteiger partial charge in [-0.2, -0.15) is 4.98 Å². The van der Waals surface area contributed by atoms with Crippen LogP contribution in [-0.2, 0) is 11.2 Å². The van der Waals surface area contributed by atoms with Gasteiger partial charge in [0.05, 0.1) is 12.0 Å². The number of nitrogens with zero attached hydrogens (tertiary/aromatic N) is 2. The Balaban J connectivity index is 1.48. The number of benzene rings is 1. The van der Waals surface area contributed by atoms with Crippen LogP contribution in [0.1, 0.15) is 18.7 Å². The molecule has 2 aromatic heterocycles. The first-order valence-corrected chi connectivity index (χ1v) is 7.13. The van der Waals surface area contributed by atoms with Crippen molar-refractivity contribution in [3.8, 4) is 11.6 Å². The maximum Gasteiger partial charge on any atom is 0.238 e. The molecule has 3 rings (SSSR count). The minimum absolute atomic E-state index is 0.176. The Morgan fingerprint density at radius 3 is 2.87 bits per heavy atom. The van der Waals surface area contributed by atoms with E-state index in [4.69, 9.17) is 8.94 Å². The highest BCUT2D eigenvalue weighted by Crippen LogP contribution is 2.17. The van der Waals surface area contributed by atoms with Crippen LogP contribution in [0.15, 0.2) is 51.6 Å². The molecule has 0 fully saturated rings. The largest absolute Gasteiger partial charge is 0.461 e. The lowest BCUT2D eigenvalue weighted by molar-refractivity contribution is -0.116. The van der Waals surface area contributed by atoms with E-state index in [1.165, 1.54) is 18.4 Å². The Morgan fingerprint density at radius 1 is 1.22 bits per heavy atom. The molecular weight excluding hydrogens is 301 g/mol. The van der Waals surface area contributed by atoms with Crippen molar-refractivity contribution < 1.29 is 18.1 Å². The molecule has 1 N–H and O–H groups in total. The van der Waals surface area contributed by atoms with Crippen LogP contribution in [-0.4, -0.2) is 16.0 Å². The summed E-state index contributed by atoms with van der Waals surface area (Å²) in [5.41, 5.74) is 0.176. The summed E-state index contributed by atoms with van der Waals surface area (Å²) < 4.78 is 23.7. The summed E-state index contributed by atoms with van der Waals surface area (Å²) in [5.74, 6) is 0.606. The first kappa shape index (κ1) is 15.0. The van der Waals surface area contributed by atoms with Crippen LogP contribution < -0.4 is 5.32 Å². The van der Waals surface area contributed by atoms with E-state index in [1.807, 2.05) is 0 Å². The van der Waals surface area contributed by atoms with Gasteiger partial charge in [0.1, 0.15) is 5.82 Å². The van der Waals surface area contributed by atoms with Crippen molar-refractivity contribution in [1.82, 2.24) is 10.1 Å². The number of hydrogen-bond acceptors (Lipinski definition) is 5. The molecule has 7 heteroatoms. The van der Waals surface area contributed by atoms with E-state index in [2.05, 4.69) is 15.5 Å². The van der Waals surface area contributed by atoms with Crippen LogP contribution in [0.3, 0.4) is 0 Å². The van der Waals surface area contributed by atoms with Crippen molar-refractivity contribution in [2.75, 3.05) is 5.32 Å². The third-order valence-electron chi connectivity index (χ3n) is 3.15. The molecule has 0 saturated carbocycles. The van der Waals surface area contributed by atoms with Gasteiger partial charge in [0.2, 0.25) is 17.6 Å². The zero-order valence-corrected chi connectivity index (χ0v) is 12.2. The van der Waals surface area contributed by atoms with Gasteiger partial charge in [-0.05, 0) is 30.7 Å². The highest BCUT2D eigenvalue weighted by atomic mass is 19.1. The molecule has 0 aliphatic carbocycles. The number of anilines is 1. The molecule has 0 atom stereocenters. The van der Waals surface area contributed by atoms with Crippen LogP contribution in [0.2, 0.25) is 0 Å². The number of amides is 1. The predicted octanol–water partition coefficient (Wildman–Crippen LogP) is 3.43. The molecular formula is C16H14FN3O3. The zero-order valence-electron chi connectivity index (χ0n) is 12.2. The molecule has 0 spiro atoms. The normalized spacial score (nSPS) is 10.7. The molecule has 118 valence electrons. The van der Waals surface area contributed by atoms with E-state index in [0.717, 1.165) is 0 Å². The number of aryl methyl sites for hydroxylation is 1. The predicted molar refractivity (Wildman–Crippen MR) is 80.0 cm³/mol. The number of hydrogen-bond donors (Lipinski definition) is 1. The highest BCUT2D eigenvalue weighted by Gasteiger charge is 2.12. The number of halogens is 1. The Hall–Kier alpha value is -2.96. The van der Waals surface area contributed by atoms with Gasteiger partial charge in [0, 0.05) is 12.8 Å². The number of furan rings is 1.